The first kappa shape index (κ1) is 23.6. The number of amides is 2. The van der Waals surface area contributed by atoms with E-state index >= 15 is 0 Å². The number of fused-ring (bicyclic) bond motifs is 3. The summed E-state index contributed by atoms with van der Waals surface area (Å²) in [5.74, 6) is -2.96. The number of benzene rings is 2. The molecule has 0 bridgehead atoms. The molecule has 0 aliphatic heterocycles. The topological polar surface area (TPSA) is 95.9 Å². The average Bonchev–Trinajstić information content (AvgIpc) is 3.57. The number of carboxylic acids is 1. The molecule has 2 amide bonds. The zero-order valence-corrected chi connectivity index (χ0v) is 18.0. The minimum Gasteiger partial charge on any atom is -0.481 e. The molecule has 10 heteroatoms. The van der Waals surface area contributed by atoms with Gasteiger partial charge in [0.05, 0.1) is 6.42 Å². The Morgan fingerprint density at radius 3 is 2.09 bits per heavy atom. The summed E-state index contributed by atoms with van der Waals surface area (Å²) in [5.41, 5.74) is 3.73. The van der Waals surface area contributed by atoms with Gasteiger partial charge in [-0.1, -0.05) is 48.5 Å². The molecule has 0 heterocycles. The zero-order chi connectivity index (χ0) is 24.5. The van der Waals surface area contributed by atoms with Crippen LogP contribution in [0.2, 0.25) is 0 Å². The summed E-state index contributed by atoms with van der Waals surface area (Å²) in [6.07, 6.45) is -5.95. The Balaban J connectivity index is 1.45. The molecule has 0 radical (unpaired) electrons. The van der Waals surface area contributed by atoms with Crippen LogP contribution < -0.4 is 5.32 Å². The van der Waals surface area contributed by atoms with E-state index in [1.54, 1.807) is 5.32 Å². The van der Waals surface area contributed by atoms with Gasteiger partial charge in [0.1, 0.15) is 6.61 Å². The van der Waals surface area contributed by atoms with Crippen LogP contribution in [-0.2, 0) is 14.3 Å². The number of carbonyl (C=O) groups is 3. The molecule has 180 valence electrons. The summed E-state index contributed by atoms with van der Waals surface area (Å²) in [6, 6.07) is 11.7. The van der Waals surface area contributed by atoms with Crippen molar-refractivity contribution in [2.24, 2.45) is 0 Å². The van der Waals surface area contributed by atoms with E-state index in [2.05, 4.69) is 0 Å². The highest BCUT2D eigenvalue weighted by atomic mass is 19.4. The van der Waals surface area contributed by atoms with Gasteiger partial charge in [-0.15, -0.1) is 0 Å². The lowest BCUT2D eigenvalue weighted by molar-refractivity contribution is -0.175. The number of nitrogens with one attached hydrogen (secondary N) is 1. The molecule has 34 heavy (non-hydrogen) atoms. The summed E-state index contributed by atoms with van der Waals surface area (Å²) in [6.45, 7) is -0.568. The van der Waals surface area contributed by atoms with Crippen molar-refractivity contribution in [1.82, 2.24) is 10.2 Å². The van der Waals surface area contributed by atoms with Crippen molar-refractivity contribution in [2.75, 3.05) is 13.2 Å². The maximum atomic E-state index is 13.7. The molecule has 2 aliphatic rings. The third-order valence-corrected chi connectivity index (χ3v) is 6.02. The number of carbonyl (C=O) groups excluding carboxylic acids is 2. The van der Waals surface area contributed by atoms with Crippen LogP contribution in [0.4, 0.5) is 18.0 Å². The molecular weight excluding hydrogens is 453 g/mol. The Labute approximate surface area is 193 Å². The van der Waals surface area contributed by atoms with E-state index in [1.165, 1.54) is 0 Å². The largest absolute Gasteiger partial charge is 0.481 e. The normalized spacial score (nSPS) is 15.7. The SMILES string of the molecule is O=C(O)CCN(C(=O)C(NC(=O)OCC1c2ccccc2-c2ccccc21)C(F)(F)F)C1CC1. The van der Waals surface area contributed by atoms with Crippen molar-refractivity contribution in [3.8, 4) is 11.1 Å². The van der Waals surface area contributed by atoms with Crippen molar-refractivity contribution in [3.63, 3.8) is 0 Å². The first-order valence-corrected chi connectivity index (χ1v) is 10.9. The number of hydrogen-bond donors (Lipinski definition) is 2. The Morgan fingerprint density at radius 2 is 1.59 bits per heavy atom. The molecular formula is C24H23F3N2O5. The predicted octanol–water partition coefficient (Wildman–Crippen LogP) is 3.92. The highest BCUT2D eigenvalue weighted by Crippen LogP contribution is 2.44. The zero-order valence-electron chi connectivity index (χ0n) is 18.0. The third kappa shape index (κ3) is 5.00. The molecule has 1 unspecified atom stereocenters. The minimum absolute atomic E-state index is 0.204. The first-order chi connectivity index (χ1) is 16.2. The molecule has 7 nitrogen and oxygen atoms in total. The van der Waals surface area contributed by atoms with Crippen LogP contribution in [0.25, 0.3) is 11.1 Å². The number of nitrogens with zero attached hydrogens (tertiary/aromatic N) is 1. The molecule has 4 rings (SSSR count). The fourth-order valence-corrected chi connectivity index (χ4v) is 4.28. The van der Waals surface area contributed by atoms with Gasteiger partial charge >= 0.3 is 18.2 Å². The summed E-state index contributed by atoms with van der Waals surface area (Å²) in [4.78, 5) is 36.7. The maximum absolute atomic E-state index is 13.7. The number of halogens is 3. The van der Waals surface area contributed by atoms with Crippen LogP contribution in [0.5, 0.6) is 0 Å². The van der Waals surface area contributed by atoms with Gasteiger partial charge < -0.3 is 20.1 Å². The van der Waals surface area contributed by atoms with Gasteiger partial charge in [-0.05, 0) is 35.1 Å². The molecule has 2 aliphatic carbocycles. The van der Waals surface area contributed by atoms with Gasteiger partial charge in [-0.2, -0.15) is 13.2 Å². The highest BCUT2D eigenvalue weighted by Gasteiger charge is 2.50. The lowest BCUT2D eigenvalue weighted by Gasteiger charge is -2.28. The van der Waals surface area contributed by atoms with Crippen molar-refractivity contribution >= 4 is 18.0 Å². The van der Waals surface area contributed by atoms with Crippen LogP contribution in [-0.4, -0.2) is 59.4 Å². The smallest absolute Gasteiger partial charge is 0.417 e. The second kappa shape index (κ2) is 9.36. The lowest BCUT2D eigenvalue weighted by atomic mass is 9.98. The van der Waals surface area contributed by atoms with Gasteiger partial charge in [0.15, 0.2) is 0 Å². The summed E-state index contributed by atoms with van der Waals surface area (Å²) < 4.78 is 46.2. The summed E-state index contributed by atoms with van der Waals surface area (Å²) in [5, 5.41) is 10.5. The highest BCUT2D eigenvalue weighted by molar-refractivity contribution is 5.87. The second-order valence-corrected chi connectivity index (χ2v) is 8.35. The Bertz CT molecular complexity index is 1050. The quantitative estimate of drug-likeness (QED) is 0.602. The minimum atomic E-state index is -5.07. The number of rotatable bonds is 8. The number of carboxylic acid groups (broad SMARTS) is 1. The van der Waals surface area contributed by atoms with E-state index in [4.69, 9.17) is 9.84 Å². The fourth-order valence-electron chi connectivity index (χ4n) is 4.28. The maximum Gasteiger partial charge on any atom is 0.417 e. The molecule has 0 spiro atoms. The van der Waals surface area contributed by atoms with Crippen molar-refractivity contribution < 1.29 is 37.4 Å². The van der Waals surface area contributed by atoms with Crippen LogP contribution in [0.3, 0.4) is 0 Å². The van der Waals surface area contributed by atoms with E-state index in [0.29, 0.717) is 12.8 Å². The molecule has 1 atom stereocenters. The summed E-state index contributed by atoms with van der Waals surface area (Å²) in [7, 11) is 0. The van der Waals surface area contributed by atoms with Crippen LogP contribution in [0.15, 0.2) is 48.5 Å². The first-order valence-electron chi connectivity index (χ1n) is 10.9. The van der Waals surface area contributed by atoms with Gasteiger partial charge in [0.2, 0.25) is 6.04 Å². The van der Waals surface area contributed by atoms with Gasteiger partial charge in [-0.3, -0.25) is 9.59 Å². The molecule has 2 aromatic rings. The van der Waals surface area contributed by atoms with Crippen molar-refractivity contribution in [3.05, 3.63) is 59.7 Å². The average molecular weight is 476 g/mol. The van der Waals surface area contributed by atoms with E-state index in [-0.39, 0.29) is 19.1 Å². The molecule has 0 saturated heterocycles. The molecule has 1 fully saturated rings. The molecule has 2 N–H and O–H groups in total. The lowest BCUT2D eigenvalue weighted by Crippen LogP contribution is -2.57. The van der Waals surface area contributed by atoms with Crippen molar-refractivity contribution in [2.45, 2.75) is 43.4 Å². The fraction of sp³-hybridized carbons (Fsp3) is 0.375. The second-order valence-electron chi connectivity index (χ2n) is 8.35. The number of alkyl halides is 3. The summed E-state index contributed by atoms with van der Waals surface area (Å²) >= 11 is 0. The van der Waals surface area contributed by atoms with E-state index in [1.807, 2.05) is 48.5 Å². The number of ether oxygens (including phenoxy) is 1. The number of aliphatic carboxylic acids is 1. The van der Waals surface area contributed by atoms with Crippen LogP contribution in [0, 0.1) is 0 Å². The number of alkyl carbamates (subject to hydrolysis) is 1. The van der Waals surface area contributed by atoms with Crippen LogP contribution >= 0.6 is 0 Å². The number of hydrogen-bond acceptors (Lipinski definition) is 4. The van der Waals surface area contributed by atoms with Gasteiger partial charge in [0.25, 0.3) is 5.91 Å². The standard InChI is InChI=1S/C24H23F3N2O5/c25-24(26,27)21(22(32)29(14-9-10-14)12-11-20(30)31)28-23(33)34-13-19-17-7-3-1-5-15(17)16-6-2-4-8-18(16)19/h1-8,14,19,21H,9-13H2,(H,28,33)(H,30,31). The molecule has 2 aromatic carbocycles. The Kier molecular flexibility index (Phi) is 6.49. The van der Waals surface area contributed by atoms with Crippen LogP contribution in [0.1, 0.15) is 36.3 Å². The Morgan fingerprint density at radius 1 is 1.03 bits per heavy atom. The third-order valence-electron chi connectivity index (χ3n) is 6.02. The molecule has 1 saturated carbocycles. The predicted molar refractivity (Wildman–Crippen MR) is 115 cm³/mol. The monoisotopic (exact) mass is 476 g/mol. The Hall–Kier alpha value is -3.56. The van der Waals surface area contributed by atoms with E-state index in [0.717, 1.165) is 27.2 Å². The van der Waals surface area contributed by atoms with Gasteiger partial charge in [0, 0.05) is 18.5 Å². The molecule has 0 aromatic heterocycles. The van der Waals surface area contributed by atoms with E-state index < -0.39 is 42.7 Å². The van der Waals surface area contributed by atoms with Crippen molar-refractivity contribution in [1.29, 1.82) is 0 Å². The van der Waals surface area contributed by atoms with Gasteiger partial charge in [-0.25, -0.2) is 4.79 Å². The van der Waals surface area contributed by atoms with E-state index in [9.17, 15) is 27.6 Å².